The Kier molecular flexibility index (Phi) is 5.74. The van der Waals surface area contributed by atoms with Gasteiger partial charge in [0.05, 0.1) is 0 Å². The first-order chi connectivity index (χ1) is 9.65. The molecule has 0 radical (unpaired) electrons. The highest BCUT2D eigenvalue weighted by atomic mass is 32.1. The number of rotatable bonds is 7. The second-order valence-corrected chi connectivity index (χ2v) is 6.27. The molecular weight excluding hydrogens is 269 g/mol. The van der Waals surface area contributed by atoms with E-state index in [4.69, 9.17) is 0 Å². The summed E-state index contributed by atoms with van der Waals surface area (Å²) in [4.78, 5) is 0. The highest BCUT2D eigenvalue weighted by Gasteiger charge is 2.13. The Morgan fingerprint density at radius 1 is 1.25 bits per heavy atom. The predicted molar refractivity (Wildman–Crippen MR) is 84.9 cm³/mol. The first-order valence-electron chi connectivity index (χ1n) is 7.15. The number of benzene rings is 1. The highest BCUT2D eigenvalue weighted by Crippen LogP contribution is 2.23. The summed E-state index contributed by atoms with van der Waals surface area (Å²) < 4.78 is 13.4. The maximum absolute atomic E-state index is 13.4. The molecule has 108 valence electrons. The first kappa shape index (κ1) is 15.2. The van der Waals surface area contributed by atoms with Crippen LogP contribution in [0, 0.1) is 5.82 Å². The lowest BCUT2D eigenvalue weighted by Crippen LogP contribution is -2.28. The Hall–Kier alpha value is -1.19. The maximum atomic E-state index is 13.4. The van der Waals surface area contributed by atoms with E-state index < -0.39 is 0 Å². The number of aryl methyl sites for hydroxylation is 1. The Balaban J connectivity index is 2.03. The fraction of sp³-hybridized carbons (Fsp3) is 0.412. The number of nitrogens with one attached hydrogen (secondary N) is 1. The summed E-state index contributed by atoms with van der Waals surface area (Å²) in [5.74, 6) is 0.209. The van der Waals surface area contributed by atoms with Gasteiger partial charge in [0.25, 0.3) is 0 Å². The Morgan fingerprint density at radius 3 is 2.75 bits per heavy atom. The molecule has 2 aromatic rings. The molecule has 20 heavy (non-hydrogen) atoms. The zero-order valence-corrected chi connectivity index (χ0v) is 12.9. The number of thiophene rings is 1. The molecule has 1 nitrogen and oxygen atoms in total. The topological polar surface area (TPSA) is 12.0 Å². The minimum atomic E-state index is -0.146. The van der Waals surface area contributed by atoms with Crippen LogP contribution in [-0.2, 0) is 6.42 Å². The van der Waals surface area contributed by atoms with Crippen molar-refractivity contribution in [2.75, 3.05) is 6.54 Å². The summed E-state index contributed by atoms with van der Waals surface area (Å²) in [6.07, 6.45) is 2.09. The van der Waals surface area contributed by atoms with Crippen molar-refractivity contribution >= 4 is 11.3 Å². The van der Waals surface area contributed by atoms with Crippen LogP contribution in [-0.4, -0.2) is 12.6 Å². The van der Waals surface area contributed by atoms with E-state index in [0.717, 1.165) is 24.9 Å². The quantitative estimate of drug-likeness (QED) is 0.786. The van der Waals surface area contributed by atoms with Crippen LogP contribution in [0.2, 0.25) is 0 Å². The zero-order chi connectivity index (χ0) is 14.4. The summed E-state index contributed by atoms with van der Waals surface area (Å²) in [6.45, 7) is 5.17. The van der Waals surface area contributed by atoms with Crippen LogP contribution in [0.5, 0.6) is 0 Å². The van der Waals surface area contributed by atoms with Gasteiger partial charge < -0.3 is 5.32 Å². The lowest BCUT2D eigenvalue weighted by molar-refractivity contribution is 0.506. The molecule has 1 N–H and O–H groups in total. The fourth-order valence-electron chi connectivity index (χ4n) is 2.30. The second kappa shape index (κ2) is 7.55. The first-order valence-corrected chi connectivity index (χ1v) is 8.09. The van der Waals surface area contributed by atoms with Gasteiger partial charge in [-0.2, -0.15) is 11.3 Å². The molecule has 1 atom stereocenters. The summed E-state index contributed by atoms with van der Waals surface area (Å²) >= 11 is 1.73. The zero-order valence-electron chi connectivity index (χ0n) is 12.1. The van der Waals surface area contributed by atoms with Crippen LogP contribution >= 0.6 is 11.3 Å². The standard InChI is InChI=1S/C17H22FNS/c1-13(2)19-11-16(7-6-14-8-9-20-12-14)15-4-3-5-17(18)10-15/h3-5,8-10,12-13,16,19H,6-7,11H2,1-2H3. The smallest absolute Gasteiger partial charge is 0.123 e. The fourth-order valence-corrected chi connectivity index (χ4v) is 3.00. The van der Waals surface area contributed by atoms with E-state index in [2.05, 4.69) is 36.0 Å². The normalized spacial score (nSPS) is 12.8. The maximum Gasteiger partial charge on any atom is 0.123 e. The predicted octanol–water partition coefficient (Wildman–Crippen LogP) is 4.60. The average Bonchev–Trinajstić information content (AvgIpc) is 2.91. The van der Waals surface area contributed by atoms with Crippen LogP contribution < -0.4 is 5.32 Å². The Labute approximate surface area is 124 Å². The van der Waals surface area contributed by atoms with Gasteiger partial charge in [0, 0.05) is 12.6 Å². The van der Waals surface area contributed by atoms with E-state index in [0.29, 0.717) is 12.0 Å². The molecule has 0 fully saturated rings. The molecule has 1 heterocycles. The summed E-state index contributed by atoms with van der Waals surface area (Å²) in [7, 11) is 0. The molecule has 0 bridgehead atoms. The molecule has 3 heteroatoms. The van der Waals surface area contributed by atoms with E-state index in [9.17, 15) is 4.39 Å². The van der Waals surface area contributed by atoms with Crippen LogP contribution in [0.4, 0.5) is 4.39 Å². The van der Waals surface area contributed by atoms with E-state index in [1.165, 1.54) is 11.6 Å². The van der Waals surface area contributed by atoms with Gasteiger partial charge >= 0.3 is 0 Å². The summed E-state index contributed by atoms with van der Waals surface area (Å²) in [6, 6.07) is 9.63. The van der Waals surface area contributed by atoms with Gasteiger partial charge in [-0.1, -0.05) is 26.0 Å². The molecular formula is C17H22FNS. The lowest BCUT2D eigenvalue weighted by Gasteiger charge is -2.19. The number of halogens is 1. The van der Waals surface area contributed by atoms with Crippen LogP contribution in [0.3, 0.4) is 0 Å². The summed E-state index contributed by atoms with van der Waals surface area (Å²) in [5, 5.41) is 7.78. The molecule has 0 aliphatic rings. The van der Waals surface area contributed by atoms with E-state index >= 15 is 0 Å². The van der Waals surface area contributed by atoms with Gasteiger partial charge in [-0.25, -0.2) is 4.39 Å². The number of hydrogen-bond donors (Lipinski definition) is 1. The Bertz CT molecular complexity index is 507. The number of hydrogen-bond acceptors (Lipinski definition) is 2. The van der Waals surface area contributed by atoms with Crippen molar-refractivity contribution in [3.63, 3.8) is 0 Å². The van der Waals surface area contributed by atoms with Gasteiger partial charge in [0.2, 0.25) is 0 Å². The van der Waals surface area contributed by atoms with Gasteiger partial charge in [-0.05, 0) is 58.8 Å². The van der Waals surface area contributed by atoms with Crippen molar-refractivity contribution in [3.8, 4) is 0 Å². The average molecular weight is 291 g/mol. The van der Waals surface area contributed by atoms with Crippen molar-refractivity contribution in [2.45, 2.75) is 38.6 Å². The van der Waals surface area contributed by atoms with Crippen LogP contribution in [0.25, 0.3) is 0 Å². The van der Waals surface area contributed by atoms with Crippen LogP contribution in [0.15, 0.2) is 41.1 Å². The van der Waals surface area contributed by atoms with Gasteiger partial charge in [-0.3, -0.25) is 0 Å². The van der Waals surface area contributed by atoms with Gasteiger partial charge in [0.1, 0.15) is 5.82 Å². The Morgan fingerprint density at radius 2 is 2.10 bits per heavy atom. The van der Waals surface area contributed by atoms with Gasteiger partial charge in [-0.15, -0.1) is 0 Å². The van der Waals surface area contributed by atoms with E-state index in [1.54, 1.807) is 23.5 Å². The second-order valence-electron chi connectivity index (χ2n) is 5.49. The van der Waals surface area contributed by atoms with Gasteiger partial charge in [0.15, 0.2) is 0 Å². The molecule has 0 spiro atoms. The third-order valence-corrected chi connectivity index (χ3v) is 4.19. The van der Waals surface area contributed by atoms with E-state index in [-0.39, 0.29) is 5.82 Å². The molecule has 1 aromatic carbocycles. The van der Waals surface area contributed by atoms with Crippen molar-refractivity contribution in [1.29, 1.82) is 0 Å². The summed E-state index contributed by atoms with van der Waals surface area (Å²) in [5.41, 5.74) is 2.47. The monoisotopic (exact) mass is 291 g/mol. The third-order valence-electron chi connectivity index (χ3n) is 3.45. The molecule has 0 aliphatic heterocycles. The van der Waals surface area contributed by atoms with E-state index in [1.807, 2.05) is 6.07 Å². The third kappa shape index (κ3) is 4.73. The molecule has 0 aliphatic carbocycles. The minimum Gasteiger partial charge on any atom is -0.314 e. The minimum absolute atomic E-state index is 0.146. The van der Waals surface area contributed by atoms with Crippen molar-refractivity contribution in [2.24, 2.45) is 0 Å². The molecule has 1 aromatic heterocycles. The molecule has 0 amide bonds. The molecule has 0 saturated heterocycles. The van der Waals surface area contributed by atoms with Crippen LogP contribution in [0.1, 0.15) is 37.3 Å². The van der Waals surface area contributed by atoms with Crippen molar-refractivity contribution < 1.29 is 4.39 Å². The SMILES string of the molecule is CC(C)NCC(CCc1ccsc1)c1cccc(F)c1. The largest absolute Gasteiger partial charge is 0.314 e. The molecule has 1 unspecified atom stereocenters. The lowest BCUT2D eigenvalue weighted by atomic mass is 9.92. The van der Waals surface area contributed by atoms with Crippen molar-refractivity contribution in [3.05, 3.63) is 58.0 Å². The highest BCUT2D eigenvalue weighted by molar-refractivity contribution is 7.07. The van der Waals surface area contributed by atoms with Crippen molar-refractivity contribution in [1.82, 2.24) is 5.32 Å². The molecule has 0 saturated carbocycles. The molecule has 2 rings (SSSR count).